The number of nitrogens with zero attached hydrogens (tertiary/aromatic N) is 1. The number of carboxylic acids is 1. The van der Waals surface area contributed by atoms with Gasteiger partial charge in [-0.2, -0.15) is 0 Å². The van der Waals surface area contributed by atoms with Crippen molar-refractivity contribution in [2.45, 2.75) is 23.8 Å². The zero-order valence-corrected chi connectivity index (χ0v) is 20.6. The molecule has 0 heterocycles. The lowest BCUT2D eigenvalue weighted by Crippen LogP contribution is -2.37. The van der Waals surface area contributed by atoms with Crippen LogP contribution in [0.3, 0.4) is 0 Å². The third-order valence-corrected chi connectivity index (χ3v) is 6.70. The summed E-state index contributed by atoms with van der Waals surface area (Å²) >= 11 is 0. The average molecular weight is 514 g/mol. The number of carboxylic acid groups (broad SMARTS) is 1. The highest BCUT2D eigenvalue weighted by Crippen LogP contribution is 2.25. The predicted octanol–water partition coefficient (Wildman–Crippen LogP) is 1.99. The fourth-order valence-corrected chi connectivity index (χ4v) is 4.94. The number of rotatable bonds is 12. The summed E-state index contributed by atoms with van der Waals surface area (Å²) in [6, 6.07) is 15.6. The molecule has 190 valence electrons. The highest BCUT2D eigenvalue weighted by molar-refractivity contribution is 7.89. The van der Waals surface area contributed by atoms with Crippen LogP contribution in [0.15, 0.2) is 65.6 Å². The zero-order valence-electron chi connectivity index (χ0n) is 19.8. The quantitative estimate of drug-likeness (QED) is 0.247. The summed E-state index contributed by atoms with van der Waals surface area (Å²) in [5.41, 5.74) is 4.04. The molecule has 10 nitrogen and oxygen atoms in total. The minimum Gasteiger partial charge on any atom is -0.492 e. The summed E-state index contributed by atoms with van der Waals surface area (Å²) in [5.74, 6) is -1.52. The molecular formula is C25H27N3O7S. The van der Waals surface area contributed by atoms with Crippen LogP contribution >= 0.6 is 0 Å². The number of sulfonamides is 1. The molecule has 0 aromatic heterocycles. The molecule has 0 saturated carbocycles. The van der Waals surface area contributed by atoms with Crippen LogP contribution < -0.4 is 14.9 Å². The molecule has 0 aliphatic carbocycles. The van der Waals surface area contributed by atoms with E-state index in [1.807, 2.05) is 24.3 Å². The fourth-order valence-electron chi connectivity index (χ4n) is 3.63. The van der Waals surface area contributed by atoms with E-state index in [4.69, 9.17) is 9.84 Å². The molecule has 11 heteroatoms. The number of ether oxygens (including phenoxy) is 1. The first kappa shape index (κ1) is 26.8. The Bertz CT molecular complexity index is 1370. The van der Waals surface area contributed by atoms with E-state index >= 15 is 0 Å². The number of aliphatic carboxylic acids is 1. The lowest BCUT2D eigenvalue weighted by Gasteiger charge is -2.16. The van der Waals surface area contributed by atoms with Gasteiger partial charge in [0.25, 0.3) is 5.91 Å². The maximum Gasteiger partial charge on any atom is 0.305 e. The smallest absolute Gasteiger partial charge is 0.305 e. The predicted molar refractivity (Wildman–Crippen MR) is 133 cm³/mol. The largest absolute Gasteiger partial charge is 0.492 e. The number of hydrogen-bond acceptors (Lipinski definition) is 7. The second-order valence-corrected chi connectivity index (χ2v) is 9.88. The number of benzene rings is 3. The van der Waals surface area contributed by atoms with Crippen LogP contribution in [0.5, 0.6) is 5.75 Å². The van der Waals surface area contributed by atoms with E-state index in [2.05, 4.69) is 10.1 Å². The Morgan fingerprint density at radius 3 is 2.47 bits per heavy atom. The van der Waals surface area contributed by atoms with Gasteiger partial charge in [0.1, 0.15) is 16.9 Å². The van der Waals surface area contributed by atoms with Crippen LogP contribution in [0, 0.1) is 0 Å². The first-order valence-corrected chi connectivity index (χ1v) is 12.5. The number of fused-ring (bicyclic) bond motifs is 1. The van der Waals surface area contributed by atoms with E-state index in [1.165, 1.54) is 18.2 Å². The second kappa shape index (κ2) is 11.8. The van der Waals surface area contributed by atoms with Crippen molar-refractivity contribution in [2.75, 3.05) is 20.7 Å². The van der Waals surface area contributed by atoms with Crippen molar-refractivity contribution >= 4 is 39.0 Å². The van der Waals surface area contributed by atoms with Crippen molar-refractivity contribution in [1.29, 1.82) is 0 Å². The van der Waals surface area contributed by atoms with Gasteiger partial charge in [0.2, 0.25) is 10.0 Å². The van der Waals surface area contributed by atoms with E-state index < -0.39 is 28.5 Å². The van der Waals surface area contributed by atoms with Gasteiger partial charge in [0, 0.05) is 26.1 Å². The van der Waals surface area contributed by atoms with Gasteiger partial charge < -0.3 is 14.6 Å². The molecule has 3 aromatic rings. The second-order valence-electron chi connectivity index (χ2n) is 8.20. The van der Waals surface area contributed by atoms with Crippen LogP contribution in [0.2, 0.25) is 0 Å². The molecule has 3 N–H and O–H groups in total. The Morgan fingerprint density at radius 2 is 1.78 bits per heavy atom. The SMILES string of the molecule is CN(C)NC(=O)c1cc(CCOc2ccccc2S(=O)(=O)NC(C=O)CC(=O)O)c2ccccc2c1. The Hall–Kier alpha value is -3.80. The molecule has 0 fully saturated rings. The van der Waals surface area contributed by atoms with E-state index in [0.717, 1.165) is 16.3 Å². The molecule has 36 heavy (non-hydrogen) atoms. The summed E-state index contributed by atoms with van der Waals surface area (Å²) in [5, 5.41) is 12.3. The molecule has 1 amide bonds. The highest BCUT2D eigenvalue weighted by atomic mass is 32.2. The van der Waals surface area contributed by atoms with E-state index in [0.29, 0.717) is 12.0 Å². The van der Waals surface area contributed by atoms with Crippen LogP contribution in [0.1, 0.15) is 22.3 Å². The van der Waals surface area contributed by atoms with Gasteiger partial charge in [-0.05, 0) is 40.6 Å². The molecule has 0 radical (unpaired) electrons. The Kier molecular flexibility index (Phi) is 8.75. The minimum atomic E-state index is -4.23. The molecule has 0 spiro atoms. The Balaban J connectivity index is 1.82. The summed E-state index contributed by atoms with van der Waals surface area (Å²) < 4.78 is 33.6. The number of para-hydroxylation sites is 1. The van der Waals surface area contributed by atoms with Crippen LogP contribution in [0.25, 0.3) is 10.8 Å². The summed E-state index contributed by atoms with van der Waals surface area (Å²) in [6.45, 7) is 0.0987. The van der Waals surface area contributed by atoms with Gasteiger partial charge in [-0.15, -0.1) is 0 Å². The third-order valence-electron chi connectivity index (χ3n) is 5.17. The monoisotopic (exact) mass is 513 g/mol. The van der Waals surface area contributed by atoms with E-state index in [-0.39, 0.29) is 29.4 Å². The normalized spacial score (nSPS) is 12.3. The molecule has 0 aliphatic heterocycles. The van der Waals surface area contributed by atoms with Gasteiger partial charge in [-0.1, -0.05) is 36.4 Å². The Morgan fingerprint density at radius 1 is 1.08 bits per heavy atom. The summed E-state index contributed by atoms with van der Waals surface area (Å²) in [6.07, 6.45) is -0.0718. The van der Waals surface area contributed by atoms with Gasteiger partial charge in [-0.25, -0.2) is 18.1 Å². The van der Waals surface area contributed by atoms with Crippen molar-refractivity contribution < 1.29 is 32.6 Å². The number of aldehydes is 1. The average Bonchev–Trinajstić information content (AvgIpc) is 2.82. The maximum absolute atomic E-state index is 12.8. The van der Waals surface area contributed by atoms with Crippen molar-refractivity contribution in [1.82, 2.24) is 15.2 Å². The molecule has 1 atom stereocenters. The summed E-state index contributed by atoms with van der Waals surface area (Å²) in [7, 11) is -0.804. The molecule has 0 aliphatic rings. The van der Waals surface area contributed by atoms with E-state index in [9.17, 15) is 22.8 Å². The number of amides is 1. The van der Waals surface area contributed by atoms with E-state index in [1.54, 1.807) is 37.3 Å². The van der Waals surface area contributed by atoms with Gasteiger partial charge in [0.15, 0.2) is 0 Å². The molecular weight excluding hydrogens is 486 g/mol. The first-order valence-electron chi connectivity index (χ1n) is 11.0. The lowest BCUT2D eigenvalue weighted by molar-refractivity contribution is -0.138. The number of carbonyl (C=O) groups excluding carboxylic acids is 2. The van der Waals surface area contributed by atoms with Crippen molar-refractivity contribution in [3.8, 4) is 5.75 Å². The molecule has 3 rings (SSSR count). The topological polar surface area (TPSA) is 142 Å². The molecule has 0 saturated heterocycles. The van der Waals surface area contributed by atoms with Gasteiger partial charge in [0.05, 0.1) is 19.1 Å². The first-order chi connectivity index (χ1) is 17.1. The van der Waals surface area contributed by atoms with Gasteiger partial charge in [-0.3, -0.25) is 15.0 Å². The molecule has 1 unspecified atom stereocenters. The van der Waals surface area contributed by atoms with Crippen LogP contribution in [-0.4, -0.2) is 63.4 Å². The van der Waals surface area contributed by atoms with Crippen LogP contribution in [0.4, 0.5) is 0 Å². The standard InChI is InChI=1S/C25H27N3O7S/c1-28(2)26-25(32)19-13-17-7-3-4-8-21(17)18(14-19)11-12-35-22-9-5-6-10-23(22)36(33,34)27-20(16-29)15-24(30)31/h3-10,13-14,16,20,27H,11-12,15H2,1-2H3,(H,26,32)(H,30,31). The fraction of sp³-hybridized carbons (Fsp3) is 0.240. The highest BCUT2D eigenvalue weighted by Gasteiger charge is 2.25. The number of carbonyl (C=O) groups is 3. The number of hydrazine groups is 1. The molecule has 0 bridgehead atoms. The third kappa shape index (κ3) is 6.87. The van der Waals surface area contributed by atoms with Gasteiger partial charge >= 0.3 is 5.97 Å². The zero-order chi connectivity index (χ0) is 26.3. The maximum atomic E-state index is 12.8. The summed E-state index contributed by atoms with van der Waals surface area (Å²) in [4.78, 5) is 34.4. The van der Waals surface area contributed by atoms with Crippen molar-refractivity contribution in [2.24, 2.45) is 0 Å². The Labute approximate surface area is 208 Å². The lowest BCUT2D eigenvalue weighted by atomic mass is 9.98. The molecule has 3 aromatic carbocycles. The number of nitrogens with one attached hydrogen (secondary N) is 2. The van der Waals surface area contributed by atoms with Crippen molar-refractivity contribution in [3.05, 3.63) is 71.8 Å². The number of hydrogen-bond donors (Lipinski definition) is 3. The van der Waals surface area contributed by atoms with Crippen molar-refractivity contribution in [3.63, 3.8) is 0 Å². The van der Waals surface area contributed by atoms with Crippen LogP contribution in [-0.2, 0) is 26.0 Å². The minimum absolute atomic E-state index is 0.0517.